The van der Waals surface area contributed by atoms with E-state index in [2.05, 4.69) is 40.0 Å². The van der Waals surface area contributed by atoms with Gasteiger partial charge in [-0.05, 0) is 35.8 Å². The van der Waals surface area contributed by atoms with Gasteiger partial charge in [-0.15, -0.1) is 11.3 Å². The summed E-state index contributed by atoms with van der Waals surface area (Å²) in [7, 11) is 1.82. The zero-order valence-corrected chi connectivity index (χ0v) is 15.8. The monoisotopic (exact) mass is 389 g/mol. The number of rotatable bonds is 5. The number of nitrogens with zero attached hydrogens (tertiary/aromatic N) is 2. The lowest BCUT2D eigenvalue weighted by Crippen LogP contribution is -2.56. The fraction of sp³-hybridized carbons (Fsp3) is 0.667. The summed E-state index contributed by atoms with van der Waals surface area (Å²) in [6.45, 7) is 8.95. The van der Waals surface area contributed by atoms with Crippen LogP contribution in [0.1, 0.15) is 18.7 Å². The average molecular weight is 390 g/mol. The number of carbonyl (C=O) groups excluding carboxylic acids is 1. The Hall–Kier alpha value is -0.630. The zero-order chi connectivity index (χ0) is 16.2. The molecule has 0 aromatic carbocycles. The molecule has 2 amide bonds. The molecule has 0 spiro atoms. The molecule has 1 N–H and O–H groups in total. The second-order valence-corrected chi connectivity index (χ2v) is 8.07. The van der Waals surface area contributed by atoms with Crippen molar-refractivity contribution in [3.8, 4) is 0 Å². The number of morpholine rings is 1. The predicted octanol–water partition coefficient (Wildman–Crippen LogP) is 2.76. The van der Waals surface area contributed by atoms with Gasteiger partial charge >= 0.3 is 6.03 Å². The minimum atomic E-state index is -0.0633. The van der Waals surface area contributed by atoms with Gasteiger partial charge in [-0.25, -0.2) is 4.79 Å². The van der Waals surface area contributed by atoms with E-state index in [0.717, 1.165) is 35.7 Å². The Morgan fingerprint density at radius 2 is 2.18 bits per heavy atom. The third-order valence-electron chi connectivity index (χ3n) is 3.90. The topological polar surface area (TPSA) is 44.8 Å². The van der Waals surface area contributed by atoms with E-state index in [9.17, 15) is 4.79 Å². The first-order valence-corrected chi connectivity index (χ1v) is 9.10. The van der Waals surface area contributed by atoms with Crippen molar-refractivity contribution >= 4 is 33.3 Å². The van der Waals surface area contributed by atoms with Gasteiger partial charge in [0.15, 0.2) is 0 Å². The highest BCUT2D eigenvalue weighted by atomic mass is 79.9. The van der Waals surface area contributed by atoms with Gasteiger partial charge < -0.3 is 15.0 Å². The third kappa shape index (κ3) is 4.94. The number of thiophene rings is 1. The van der Waals surface area contributed by atoms with Gasteiger partial charge in [0, 0.05) is 47.0 Å². The lowest BCUT2D eigenvalue weighted by molar-refractivity contribution is -0.00900. The number of urea groups is 1. The van der Waals surface area contributed by atoms with Gasteiger partial charge in [0.2, 0.25) is 0 Å². The van der Waals surface area contributed by atoms with Crippen LogP contribution in [0.5, 0.6) is 0 Å². The summed E-state index contributed by atoms with van der Waals surface area (Å²) in [5, 5.41) is 5.07. The van der Waals surface area contributed by atoms with Crippen LogP contribution in [0.25, 0.3) is 0 Å². The molecule has 5 nitrogen and oxygen atoms in total. The van der Waals surface area contributed by atoms with Crippen LogP contribution in [0.15, 0.2) is 15.9 Å². The van der Waals surface area contributed by atoms with E-state index in [1.807, 2.05) is 18.5 Å². The molecule has 7 heteroatoms. The van der Waals surface area contributed by atoms with Crippen LogP contribution >= 0.6 is 27.3 Å². The second kappa shape index (κ2) is 7.77. The summed E-state index contributed by atoms with van der Waals surface area (Å²) in [4.78, 5) is 17.5. The van der Waals surface area contributed by atoms with Crippen molar-refractivity contribution in [1.29, 1.82) is 0 Å². The smallest absolute Gasteiger partial charge is 0.317 e. The van der Waals surface area contributed by atoms with Crippen molar-refractivity contribution in [2.45, 2.75) is 25.9 Å². The second-order valence-electron chi connectivity index (χ2n) is 6.16. The summed E-state index contributed by atoms with van der Waals surface area (Å²) in [6, 6.07) is 2.01. The standard InChI is InChI=1S/C15H24BrN3O2S/c1-15(2,19-4-6-21-7-5-19)11-17-14(20)18(3)9-13-8-12(16)10-22-13/h8,10H,4-7,9,11H2,1-3H3,(H,17,20). The Bertz CT molecular complexity index is 501. The van der Waals surface area contributed by atoms with Crippen molar-refractivity contribution in [2.75, 3.05) is 39.9 Å². The van der Waals surface area contributed by atoms with Crippen LogP contribution < -0.4 is 5.32 Å². The van der Waals surface area contributed by atoms with E-state index in [4.69, 9.17) is 4.74 Å². The molecule has 124 valence electrons. The summed E-state index contributed by atoms with van der Waals surface area (Å²) >= 11 is 5.09. The van der Waals surface area contributed by atoms with Gasteiger partial charge in [-0.3, -0.25) is 4.90 Å². The highest BCUT2D eigenvalue weighted by molar-refractivity contribution is 9.10. The molecular formula is C15H24BrN3O2S. The Morgan fingerprint density at radius 1 is 1.50 bits per heavy atom. The van der Waals surface area contributed by atoms with Crippen LogP contribution in [0.2, 0.25) is 0 Å². The van der Waals surface area contributed by atoms with Crippen molar-refractivity contribution < 1.29 is 9.53 Å². The molecule has 1 saturated heterocycles. The third-order valence-corrected chi connectivity index (χ3v) is 5.58. The molecule has 1 aromatic rings. The number of ether oxygens (including phenoxy) is 1. The normalized spacial score (nSPS) is 16.5. The van der Waals surface area contributed by atoms with Crippen molar-refractivity contribution in [2.24, 2.45) is 0 Å². The first-order chi connectivity index (χ1) is 10.4. The fourth-order valence-electron chi connectivity index (χ4n) is 2.45. The van der Waals surface area contributed by atoms with Gasteiger partial charge in [-0.2, -0.15) is 0 Å². The Morgan fingerprint density at radius 3 is 2.77 bits per heavy atom. The zero-order valence-electron chi connectivity index (χ0n) is 13.4. The molecule has 0 radical (unpaired) electrons. The highest BCUT2D eigenvalue weighted by Crippen LogP contribution is 2.21. The minimum absolute atomic E-state index is 0.0362. The molecule has 2 rings (SSSR count). The maximum atomic E-state index is 12.2. The molecule has 0 aliphatic carbocycles. The number of hydrogen-bond acceptors (Lipinski definition) is 4. The average Bonchev–Trinajstić information content (AvgIpc) is 2.91. The molecule has 0 atom stereocenters. The number of hydrogen-bond donors (Lipinski definition) is 1. The van der Waals surface area contributed by atoms with Crippen LogP contribution in [0.4, 0.5) is 4.79 Å². The number of amides is 2. The molecule has 0 saturated carbocycles. The molecule has 1 aromatic heterocycles. The summed E-state index contributed by atoms with van der Waals surface area (Å²) in [5.74, 6) is 0. The largest absolute Gasteiger partial charge is 0.379 e. The molecule has 2 heterocycles. The Labute approximate surface area is 144 Å². The van der Waals surface area contributed by atoms with Crippen molar-refractivity contribution in [3.63, 3.8) is 0 Å². The first kappa shape index (κ1) is 17.7. The molecule has 0 bridgehead atoms. The predicted molar refractivity (Wildman–Crippen MR) is 93.4 cm³/mol. The quantitative estimate of drug-likeness (QED) is 0.841. The lowest BCUT2D eigenvalue weighted by Gasteiger charge is -2.41. The highest BCUT2D eigenvalue weighted by Gasteiger charge is 2.28. The van der Waals surface area contributed by atoms with E-state index in [1.54, 1.807) is 16.2 Å². The number of carbonyl (C=O) groups is 1. The summed E-state index contributed by atoms with van der Waals surface area (Å²) in [6.07, 6.45) is 0. The number of halogens is 1. The molecule has 1 fully saturated rings. The molecule has 1 aliphatic heterocycles. The van der Waals surface area contributed by atoms with Crippen LogP contribution in [-0.4, -0.2) is 61.3 Å². The van der Waals surface area contributed by atoms with Gasteiger partial charge in [-0.1, -0.05) is 0 Å². The molecule has 0 unspecified atom stereocenters. The Balaban J connectivity index is 1.80. The van der Waals surface area contributed by atoms with Gasteiger partial charge in [0.05, 0.1) is 19.8 Å². The SMILES string of the molecule is CN(Cc1cc(Br)cs1)C(=O)NCC(C)(C)N1CCOCC1. The summed E-state index contributed by atoms with van der Waals surface area (Å²) in [5.41, 5.74) is -0.0633. The van der Waals surface area contributed by atoms with Crippen LogP contribution in [-0.2, 0) is 11.3 Å². The van der Waals surface area contributed by atoms with E-state index in [-0.39, 0.29) is 11.6 Å². The maximum Gasteiger partial charge on any atom is 0.317 e. The maximum absolute atomic E-state index is 12.2. The van der Waals surface area contributed by atoms with E-state index >= 15 is 0 Å². The van der Waals surface area contributed by atoms with E-state index < -0.39 is 0 Å². The van der Waals surface area contributed by atoms with E-state index in [1.165, 1.54) is 0 Å². The molecule has 22 heavy (non-hydrogen) atoms. The summed E-state index contributed by atoms with van der Waals surface area (Å²) < 4.78 is 6.45. The Kier molecular flexibility index (Phi) is 6.26. The van der Waals surface area contributed by atoms with Gasteiger partial charge in [0.25, 0.3) is 0 Å². The minimum Gasteiger partial charge on any atom is -0.379 e. The van der Waals surface area contributed by atoms with Gasteiger partial charge in [0.1, 0.15) is 0 Å². The van der Waals surface area contributed by atoms with Crippen molar-refractivity contribution in [3.05, 3.63) is 20.8 Å². The van der Waals surface area contributed by atoms with Crippen LogP contribution in [0, 0.1) is 0 Å². The van der Waals surface area contributed by atoms with E-state index in [0.29, 0.717) is 13.1 Å². The lowest BCUT2D eigenvalue weighted by atomic mass is 10.0. The number of nitrogens with one attached hydrogen (secondary N) is 1. The first-order valence-electron chi connectivity index (χ1n) is 7.43. The van der Waals surface area contributed by atoms with Crippen LogP contribution in [0.3, 0.4) is 0 Å². The molecule has 1 aliphatic rings. The van der Waals surface area contributed by atoms with Crippen molar-refractivity contribution in [1.82, 2.24) is 15.1 Å². The molecular weight excluding hydrogens is 366 g/mol. The fourth-order valence-corrected chi connectivity index (χ4v) is 3.95.